The van der Waals surface area contributed by atoms with Crippen molar-refractivity contribution in [2.75, 3.05) is 19.7 Å². The second-order valence-corrected chi connectivity index (χ2v) is 6.30. The largest absolute Gasteiger partial charge is 0.373 e. The van der Waals surface area contributed by atoms with Crippen LogP contribution in [0.3, 0.4) is 0 Å². The van der Waals surface area contributed by atoms with Gasteiger partial charge in [0.05, 0.1) is 18.5 Å². The van der Waals surface area contributed by atoms with Gasteiger partial charge in [-0.1, -0.05) is 6.92 Å². The predicted octanol–water partition coefficient (Wildman–Crippen LogP) is 1.70. The van der Waals surface area contributed by atoms with Gasteiger partial charge >= 0.3 is 0 Å². The molecular formula is C14H23N3O. The van der Waals surface area contributed by atoms with E-state index >= 15 is 0 Å². The first kappa shape index (κ1) is 12.2. The fourth-order valence-electron chi connectivity index (χ4n) is 3.31. The molecule has 0 saturated carbocycles. The maximum atomic E-state index is 5.90. The molecule has 4 nitrogen and oxygen atoms in total. The maximum Gasteiger partial charge on any atom is 0.0949 e. The van der Waals surface area contributed by atoms with Gasteiger partial charge in [0, 0.05) is 30.5 Å². The molecule has 0 amide bonds. The van der Waals surface area contributed by atoms with E-state index in [0.717, 1.165) is 32.7 Å². The second-order valence-electron chi connectivity index (χ2n) is 6.30. The van der Waals surface area contributed by atoms with Crippen molar-refractivity contribution in [3.63, 3.8) is 0 Å². The Bertz CT molecular complexity index is 414. The van der Waals surface area contributed by atoms with Crippen molar-refractivity contribution >= 4 is 0 Å². The number of aromatic nitrogens is 2. The number of imidazole rings is 1. The summed E-state index contributed by atoms with van der Waals surface area (Å²) in [4.78, 5) is 4.36. The molecule has 3 rings (SSSR count). The van der Waals surface area contributed by atoms with Crippen molar-refractivity contribution in [1.29, 1.82) is 0 Å². The van der Waals surface area contributed by atoms with Crippen LogP contribution in [0, 0.1) is 0 Å². The van der Waals surface area contributed by atoms with Crippen molar-refractivity contribution in [2.24, 2.45) is 0 Å². The number of nitrogens with one attached hydrogen (secondary N) is 1. The van der Waals surface area contributed by atoms with Crippen molar-refractivity contribution in [1.82, 2.24) is 14.9 Å². The Morgan fingerprint density at radius 1 is 1.44 bits per heavy atom. The van der Waals surface area contributed by atoms with E-state index in [-0.39, 0.29) is 11.0 Å². The molecule has 2 aliphatic rings. The minimum absolute atomic E-state index is 0.00214. The Kier molecular flexibility index (Phi) is 2.94. The van der Waals surface area contributed by atoms with E-state index in [1.165, 1.54) is 18.5 Å². The van der Waals surface area contributed by atoms with Crippen LogP contribution in [0.2, 0.25) is 0 Å². The van der Waals surface area contributed by atoms with Crippen LogP contribution in [0.5, 0.6) is 0 Å². The Labute approximate surface area is 109 Å². The molecular weight excluding hydrogens is 226 g/mol. The van der Waals surface area contributed by atoms with Crippen molar-refractivity contribution in [3.05, 3.63) is 18.2 Å². The molecule has 0 aliphatic carbocycles. The minimum atomic E-state index is -0.00214. The number of nitrogens with zero attached hydrogens (tertiary/aromatic N) is 2. The molecule has 2 atom stereocenters. The van der Waals surface area contributed by atoms with Crippen LogP contribution < -0.4 is 5.32 Å². The summed E-state index contributed by atoms with van der Waals surface area (Å²) in [7, 11) is 0. The van der Waals surface area contributed by atoms with Crippen molar-refractivity contribution in [3.8, 4) is 0 Å². The van der Waals surface area contributed by atoms with Crippen LogP contribution in [-0.4, -0.2) is 34.8 Å². The zero-order valence-electron chi connectivity index (χ0n) is 11.4. The lowest BCUT2D eigenvalue weighted by Crippen LogP contribution is -2.34. The number of hydrogen-bond acceptors (Lipinski definition) is 3. The highest BCUT2D eigenvalue weighted by Gasteiger charge is 2.36. The smallest absolute Gasteiger partial charge is 0.0949 e. The molecule has 2 fully saturated rings. The van der Waals surface area contributed by atoms with Gasteiger partial charge in [0.15, 0.2) is 0 Å². The van der Waals surface area contributed by atoms with E-state index in [0.29, 0.717) is 0 Å². The molecule has 2 unspecified atom stereocenters. The first-order chi connectivity index (χ1) is 8.61. The van der Waals surface area contributed by atoms with Gasteiger partial charge in [0.25, 0.3) is 0 Å². The molecule has 0 spiro atoms. The zero-order valence-corrected chi connectivity index (χ0v) is 11.4. The third kappa shape index (κ3) is 2.08. The molecule has 1 N–H and O–H groups in total. The third-order valence-corrected chi connectivity index (χ3v) is 4.50. The fraction of sp³-hybridized carbons (Fsp3) is 0.786. The normalized spacial score (nSPS) is 36.3. The van der Waals surface area contributed by atoms with Gasteiger partial charge in [-0.25, -0.2) is 4.98 Å². The molecule has 1 aromatic rings. The molecule has 0 radical (unpaired) electrons. The molecule has 3 heterocycles. The Morgan fingerprint density at radius 2 is 2.33 bits per heavy atom. The summed E-state index contributed by atoms with van der Waals surface area (Å²) in [6, 6.07) is 0. The topological polar surface area (TPSA) is 39.1 Å². The van der Waals surface area contributed by atoms with Gasteiger partial charge in [0.2, 0.25) is 0 Å². The first-order valence-corrected chi connectivity index (χ1v) is 6.97. The zero-order chi connectivity index (χ0) is 12.6. The standard InChI is InChI=1S/C14H23N3O/c1-13(5-6-15-9-13)12-8-16-11-17(12)10-14(2)4-3-7-18-14/h8,11,15H,3-7,9-10H2,1-2H3. The lowest BCUT2D eigenvalue weighted by molar-refractivity contribution is 0.00516. The van der Waals surface area contributed by atoms with Crippen LogP contribution in [0.15, 0.2) is 12.5 Å². The van der Waals surface area contributed by atoms with E-state index in [9.17, 15) is 0 Å². The molecule has 4 heteroatoms. The van der Waals surface area contributed by atoms with Crippen LogP contribution in [0.1, 0.15) is 38.8 Å². The van der Waals surface area contributed by atoms with Crippen LogP contribution >= 0.6 is 0 Å². The van der Waals surface area contributed by atoms with Crippen LogP contribution in [0.25, 0.3) is 0 Å². The summed E-state index contributed by atoms with van der Waals surface area (Å²) in [5, 5.41) is 3.46. The Morgan fingerprint density at radius 3 is 3.00 bits per heavy atom. The number of hydrogen-bond donors (Lipinski definition) is 1. The van der Waals surface area contributed by atoms with Crippen LogP contribution in [0.4, 0.5) is 0 Å². The third-order valence-electron chi connectivity index (χ3n) is 4.50. The van der Waals surface area contributed by atoms with Crippen LogP contribution in [-0.2, 0) is 16.7 Å². The van der Waals surface area contributed by atoms with Gasteiger partial charge in [-0.05, 0) is 32.7 Å². The number of rotatable bonds is 3. The Balaban J connectivity index is 1.83. The molecule has 1 aromatic heterocycles. The fourth-order valence-corrected chi connectivity index (χ4v) is 3.31. The van der Waals surface area contributed by atoms with E-state index in [1.807, 2.05) is 12.5 Å². The molecule has 2 aliphatic heterocycles. The summed E-state index contributed by atoms with van der Waals surface area (Å²) >= 11 is 0. The Hall–Kier alpha value is -0.870. The van der Waals surface area contributed by atoms with E-state index in [1.54, 1.807) is 0 Å². The minimum Gasteiger partial charge on any atom is -0.373 e. The highest BCUT2D eigenvalue weighted by Crippen LogP contribution is 2.33. The maximum absolute atomic E-state index is 5.90. The summed E-state index contributed by atoms with van der Waals surface area (Å²) in [6.07, 6.45) is 7.52. The molecule has 100 valence electrons. The van der Waals surface area contributed by atoms with Crippen molar-refractivity contribution in [2.45, 2.75) is 50.7 Å². The highest BCUT2D eigenvalue weighted by molar-refractivity contribution is 5.17. The van der Waals surface area contributed by atoms with Gasteiger partial charge in [-0.3, -0.25) is 0 Å². The predicted molar refractivity (Wildman–Crippen MR) is 70.7 cm³/mol. The summed E-state index contributed by atoms with van der Waals surface area (Å²) in [5.41, 5.74) is 1.58. The van der Waals surface area contributed by atoms with Gasteiger partial charge in [0.1, 0.15) is 0 Å². The number of ether oxygens (including phenoxy) is 1. The van der Waals surface area contributed by atoms with Crippen molar-refractivity contribution < 1.29 is 4.74 Å². The molecule has 18 heavy (non-hydrogen) atoms. The molecule has 2 saturated heterocycles. The van der Waals surface area contributed by atoms with E-state index in [4.69, 9.17) is 4.74 Å². The summed E-state index contributed by atoms with van der Waals surface area (Å²) in [5.74, 6) is 0. The quantitative estimate of drug-likeness (QED) is 0.886. The lowest BCUT2D eigenvalue weighted by Gasteiger charge is -2.29. The summed E-state index contributed by atoms with van der Waals surface area (Å²) in [6.45, 7) is 8.54. The van der Waals surface area contributed by atoms with Gasteiger partial charge in [-0.15, -0.1) is 0 Å². The highest BCUT2D eigenvalue weighted by atomic mass is 16.5. The second kappa shape index (κ2) is 4.35. The van der Waals surface area contributed by atoms with E-state index in [2.05, 4.69) is 28.7 Å². The lowest BCUT2D eigenvalue weighted by atomic mass is 9.86. The van der Waals surface area contributed by atoms with E-state index < -0.39 is 0 Å². The van der Waals surface area contributed by atoms with Gasteiger partial charge in [-0.2, -0.15) is 0 Å². The molecule has 0 bridgehead atoms. The average molecular weight is 249 g/mol. The van der Waals surface area contributed by atoms with Gasteiger partial charge < -0.3 is 14.6 Å². The monoisotopic (exact) mass is 249 g/mol. The summed E-state index contributed by atoms with van der Waals surface area (Å²) < 4.78 is 8.20. The average Bonchev–Trinajstić information content (AvgIpc) is 3.01. The molecule has 0 aromatic carbocycles. The SMILES string of the molecule is CC1(Cn2cncc2C2(C)CCNC2)CCCO1. The first-order valence-electron chi connectivity index (χ1n) is 6.97.